The molecule has 2 aromatic rings. The van der Waals surface area contributed by atoms with Gasteiger partial charge in [0.25, 0.3) is 0 Å². The second kappa shape index (κ2) is 8.86. The van der Waals surface area contributed by atoms with Crippen LogP contribution >= 0.6 is 15.9 Å². The van der Waals surface area contributed by atoms with E-state index in [1.54, 1.807) is 0 Å². The standard InChI is InChI=1S/C23H27BrN2O3/c24-19-5-3-18(4-6-19)23(28)10-13-26(14-11-23)12-1-15-29-20-7-8-21-17(16-20)2-9-22(27)25-21/h3-8,16,28H,1-2,9-15H2,(H,25,27). The van der Waals surface area contributed by atoms with Gasteiger partial charge in [0.05, 0.1) is 12.2 Å². The number of nitrogens with one attached hydrogen (secondary N) is 1. The second-order valence-electron chi connectivity index (χ2n) is 7.95. The molecule has 0 spiro atoms. The molecular formula is C23H27BrN2O3. The van der Waals surface area contributed by atoms with Crippen molar-refractivity contribution in [2.45, 2.75) is 37.7 Å². The van der Waals surface area contributed by atoms with Crippen molar-refractivity contribution in [1.29, 1.82) is 0 Å². The molecule has 0 saturated carbocycles. The molecule has 1 fully saturated rings. The van der Waals surface area contributed by atoms with E-state index in [-0.39, 0.29) is 5.91 Å². The number of ether oxygens (including phenoxy) is 1. The van der Waals surface area contributed by atoms with Gasteiger partial charge in [-0.25, -0.2) is 0 Å². The zero-order valence-electron chi connectivity index (χ0n) is 16.5. The highest BCUT2D eigenvalue weighted by Gasteiger charge is 2.33. The first kappa shape index (κ1) is 20.4. The molecule has 0 unspecified atom stereocenters. The van der Waals surface area contributed by atoms with Gasteiger partial charge in [-0.15, -0.1) is 0 Å². The Hall–Kier alpha value is -1.89. The van der Waals surface area contributed by atoms with Crippen molar-refractivity contribution in [2.24, 2.45) is 0 Å². The van der Waals surface area contributed by atoms with E-state index >= 15 is 0 Å². The third-order valence-electron chi connectivity index (χ3n) is 5.92. The molecule has 0 aromatic heterocycles. The maximum absolute atomic E-state index is 11.4. The number of aliphatic hydroxyl groups is 1. The SMILES string of the molecule is O=C1CCc2cc(OCCCN3CCC(O)(c4ccc(Br)cc4)CC3)ccc2N1. The minimum Gasteiger partial charge on any atom is -0.494 e. The summed E-state index contributed by atoms with van der Waals surface area (Å²) in [6.07, 6.45) is 3.77. The van der Waals surface area contributed by atoms with Crippen LogP contribution in [0, 0.1) is 0 Å². The first-order valence-electron chi connectivity index (χ1n) is 10.3. The normalized spacial score (nSPS) is 18.8. The molecule has 1 saturated heterocycles. The summed E-state index contributed by atoms with van der Waals surface area (Å²) in [5.74, 6) is 0.947. The Morgan fingerprint density at radius 3 is 2.62 bits per heavy atom. The van der Waals surface area contributed by atoms with Gasteiger partial charge < -0.3 is 20.1 Å². The Kier molecular flexibility index (Phi) is 6.23. The van der Waals surface area contributed by atoms with Crippen molar-refractivity contribution in [3.8, 4) is 5.75 Å². The van der Waals surface area contributed by atoms with E-state index in [9.17, 15) is 9.90 Å². The highest BCUT2D eigenvalue weighted by Crippen LogP contribution is 2.33. The van der Waals surface area contributed by atoms with Crippen LogP contribution in [-0.4, -0.2) is 42.2 Å². The van der Waals surface area contributed by atoms with Crippen molar-refractivity contribution in [3.05, 3.63) is 58.1 Å². The molecule has 4 rings (SSSR count). The molecule has 1 amide bonds. The van der Waals surface area contributed by atoms with E-state index < -0.39 is 5.60 Å². The van der Waals surface area contributed by atoms with E-state index in [0.717, 1.165) is 72.4 Å². The van der Waals surface area contributed by atoms with Gasteiger partial charge in [0.2, 0.25) is 5.91 Å². The van der Waals surface area contributed by atoms with Crippen LogP contribution in [0.25, 0.3) is 0 Å². The number of benzene rings is 2. The lowest BCUT2D eigenvalue weighted by Gasteiger charge is -2.38. The topological polar surface area (TPSA) is 61.8 Å². The van der Waals surface area contributed by atoms with E-state index in [0.29, 0.717) is 13.0 Å². The first-order chi connectivity index (χ1) is 14.0. The van der Waals surface area contributed by atoms with Gasteiger partial charge in [0.1, 0.15) is 5.75 Å². The third-order valence-corrected chi connectivity index (χ3v) is 6.45. The molecule has 154 valence electrons. The van der Waals surface area contributed by atoms with Crippen molar-refractivity contribution >= 4 is 27.5 Å². The average molecular weight is 459 g/mol. The van der Waals surface area contributed by atoms with Crippen molar-refractivity contribution in [3.63, 3.8) is 0 Å². The van der Waals surface area contributed by atoms with Crippen LogP contribution < -0.4 is 10.1 Å². The summed E-state index contributed by atoms with van der Waals surface area (Å²) in [4.78, 5) is 13.8. The number of aryl methyl sites for hydroxylation is 1. The zero-order chi connectivity index (χ0) is 20.3. The fourth-order valence-corrected chi connectivity index (χ4v) is 4.39. The number of carbonyl (C=O) groups is 1. The maximum atomic E-state index is 11.4. The molecule has 0 bridgehead atoms. The molecule has 29 heavy (non-hydrogen) atoms. The molecule has 2 N–H and O–H groups in total. The second-order valence-corrected chi connectivity index (χ2v) is 8.86. The molecule has 0 aliphatic carbocycles. The number of amides is 1. The number of likely N-dealkylation sites (tertiary alicyclic amines) is 1. The summed E-state index contributed by atoms with van der Waals surface area (Å²) >= 11 is 3.45. The number of fused-ring (bicyclic) bond motifs is 1. The zero-order valence-corrected chi connectivity index (χ0v) is 18.1. The van der Waals surface area contributed by atoms with E-state index in [2.05, 4.69) is 26.1 Å². The van der Waals surface area contributed by atoms with Gasteiger partial charge in [-0.3, -0.25) is 4.79 Å². The summed E-state index contributed by atoms with van der Waals surface area (Å²) in [7, 11) is 0. The predicted octanol–water partition coefficient (Wildman–Crippen LogP) is 4.09. The Bertz CT molecular complexity index is 861. The number of rotatable bonds is 6. The van der Waals surface area contributed by atoms with Gasteiger partial charge in [-0.2, -0.15) is 0 Å². The van der Waals surface area contributed by atoms with Crippen molar-refractivity contribution in [1.82, 2.24) is 4.90 Å². The largest absolute Gasteiger partial charge is 0.494 e. The van der Waals surface area contributed by atoms with Crippen LogP contribution in [0.3, 0.4) is 0 Å². The summed E-state index contributed by atoms with van der Waals surface area (Å²) in [6, 6.07) is 13.9. The van der Waals surface area contributed by atoms with Gasteiger partial charge in [0.15, 0.2) is 0 Å². The monoisotopic (exact) mass is 458 g/mol. The Morgan fingerprint density at radius 2 is 1.86 bits per heavy atom. The summed E-state index contributed by atoms with van der Waals surface area (Å²) in [5.41, 5.74) is 2.34. The summed E-state index contributed by atoms with van der Waals surface area (Å²) in [5, 5.41) is 13.9. The first-order valence-corrected chi connectivity index (χ1v) is 11.1. The minimum absolute atomic E-state index is 0.0831. The van der Waals surface area contributed by atoms with Gasteiger partial charge in [0, 0.05) is 36.2 Å². The molecule has 0 atom stereocenters. The highest BCUT2D eigenvalue weighted by molar-refractivity contribution is 9.10. The van der Waals surface area contributed by atoms with Crippen LogP contribution in [0.5, 0.6) is 5.75 Å². The Morgan fingerprint density at radius 1 is 1.10 bits per heavy atom. The Balaban J connectivity index is 1.20. The fourth-order valence-electron chi connectivity index (χ4n) is 4.12. The van der Waals surface area contributed by atoms with Crippen LogP contribution in [-0.2, 0) is 16.8 Å². The summed E-state index contributed by atoms with van der Waals surface area (Å²) in [6.45, 7) is 3.42. The van der Waals surface area contributed by atoms with Crippen LogP contribution in [0.4, 0.5) is 5.69 Å². The molecule has 0 radical (unpaired) electrons. The maximum Gasteiger partial charge on any atom is 0.224 e. The van der Waals surface area contributed by atoms with Crippen molar-refractivity contribution < 1.29 is 14.6 Å². The number of carbonyl (C=O) groups excluding carboxylic acids is 1. The highest BCUT2D eigenvalue weighted by atomic mass is 79.9. The molecule has 2 heterocycles. The molecule has 2 aliphatic heterocycles. The number of piperidine rings is 1. The lowest BCUT2D eigenvalue weighted by molar-refractivity contribution is -0.116. The number of anilines is 1. The number of nitrogens with zero attached hydrogens (tertiary/aromatic N) is 1. The number of hydrogen-bond acceptors (Lipinski definition) is 4. The van der Waals surface area contributed by atoms with E-state index in [1.165, 1.54) is 0 Å². The smallest absolute Gasteiger partial charge is 0.224 e. The van der Waals surface area contributed by atoms with Gasteiger partial charge in [-0.05, 0) is 67.1 Å². The number of halogens is 1. The molecule has 2 aromatic carbocycles. The van der Waals surface area contributed by atoms with E-state index in [4.69, 9.17) is 4.74 Å². The minimum atomic E-state index is -0.716. The molecule has 6 heteroatoms. The van der Waals surface area contributed by atoms with Gasteiger partial charge in [-0.1, -0.05) is 28.1 Å². The summed E-state index contributed by atoms with van der Waals surface area (Å²) < 4.78 is 6.95. The third kappa shape index (κ3) is 5.00. The molecule has 5 nitrogen and oxygen atoms in total. The quantitative estimate of drug-likeness (QED) is 0.639. The predicted molar refractivity (Wildman–Crippen MR) is 117 cm³/mol. The Labute approximate surface area is 180 Å². The fraction of sp³-hybridized carbons (Fsp3) is 0.435. The molecular weight excluding hydrogens is 432 g/mol. The van der Waals surface area contributed by atoms with Crippen molar-refractivity contribution in [2.75, 3.05) is 31.6 Å². The van der Waals surface area contributed by atoms with Crippen LogP contribution in [0.15, 0.2) is 46.9 Å². The molecule has 2 aliphatic rings. The van der Waals surface area contributed by atoms with E-state index in [1.807, 2.05) is 42.5 Å². The van der Waals surface area contributed by atoms with Gasteiger partial charge >= 0.3 is 0 Å². The average Bonchev–Trinajstić information content (AvgIpc) is 2.73. The number of hydrogen-bond donors (Lipinski definition) is 2. The van der Waals surface area contributed by atoms with Crippen LogP contribution in [0.1, 0.15) is 36.8 Å². The van der Waals surface area contributed by atoms with Crippen LogP contribution in [0.2, 0.25) is 0 Å². The lowest BCUT2D eigenvalue weighted by Crippen LogP contribution is -2.43. The lowest BCUT2D eigenvalue weighted by atomic mass is 9.84.